The number of hydrogen-bond acceptors (Lipinski definition) is 5. The normalized spacial score (nSPS) is 13.0. The Hall–Kier alpha value is -4.52. The monoisotopic (exact) mass is 600 g/mol. The molecule has 1 aromatic heterocycles. The second-order valence-corrected chi connectivity index (χ2v) is 10.1. The van der Waals surface area contributed by atoms with Crippen LogP contribution in [0.2, 0.25) is 0 Å². The molecule has 0 saturated carbocycles. The van der Waals surface area contributed by atoms with Crippen molar-refractivity contribution in [3.8, 4) is 11.1 Å². The van der Waals surface area contributed by atoms with E-state index in [0.717, 1.165) is 58.9 Å². The molecule has 0 aliphatic carbocycles. The summed E-state index contributed by atoms with van der Waals surface area (Å²) >= 11 is 1.58. The first-order valence-electron chi connectivity index (χ1n) is 12.8. The van der Waals surface area contributed by atoms with Gasteiger partial charge in [-0.1, -0.05) is 54.2 Å². The average molecular weight is 601 g/mol. The number of imidazole rings is 1. The maximum absolute atomic E-state index is 12.6. The maximum atomic E-state index is 12.6. The fraction of sp³-hybridized carbons (Fsp3) is 0.241. The minimum absolute atomic E-state index is 0.0600. The SMILES string of the molecule is CSc1nc2ccc(NC(=O)N3CCCC3)cc2n1Cc1ccc(-c2ccccc2C(=O)O)cc1.O=C(O)C(F)(F)F. The fourth-order valence-electron chi connectivity index (χ4n) is 4.50. The maximum Gasteiger partial charge on any atom is 0.490 e. The van der Waals surface area contributed by atoms with Gasteiger partial charge in [-0.2, -0.15) is 13.2 Å². The van der Waals surface area contributed by atoms with Gasteiger partial charge in [0.25, 0.3) is 0 Å². The van der Waals surface area contributed by atoms with Crippen molar-refractivity contribution in [3.05, 3.63) is 77.9 Å². The van der Waals surface area contributed by atoms with Gasteiger partial charge >= 0.3 is 24.1 Å². The predicted molar refractivity (Wildman–Crippen MR) is 153 cm³/mol. The van der Waals surface area contributed by atoms with Crippen LogP contribution >= 0.6 is 11.8 Å². The number of rotatable bonds is 6. The number of likely N-dealkylation sites (tertiary alicyclic amines) is 1. The van der Waals surface area contributed by atoms with E-state index in [1.807, 2.05) is 65.8 Å². The van der Waals surface area contributed by atoms with Crippen LogP contribution in [0.1, 0.15) is 28.8 Å². The lowest BCUT2D eigenvalue weighted by atomic mass is 9.99. The number of carboxylic acids is 2. The second-order valence-electron chi connectivity index (χ2n) is 9.36. The van der Waals surface area contributed by atoms with E-state index in [9.17, 15) is 27.9 Å². The third kappa shape index (κ3) is 7.21. The number of fused-ring (bicyclic) bond motifs is 1. The lowest BCUT2D eigenvalue weighted by Crippen LogP contribution is -2.32. The highest BCUT2D eigenvalue weighted by Gasteiger charge is 2.38. The summed E-state index contributed by atoms with van der Waals surface area (Å²) in [5.74, 6) is -3.70. The summed E-state index contributed by atoms with van der Waals surface area (Å²) in [6.07, 6.45) is -0.978. The fourth-order valence-corrected chi connectivity index (χ4v) is 5.08. The molecule has 42 heavy (non-hydrogen) atoms. The Morgan fingerprint density at radius 3 is 2.21 bits per heavy atom. The zero-order valence-electron chi connectivity index (χ0n) is 22.4. The number of aromatic nitrogens is 2. The van der Waals surface area contributed by atoms with E-state index < -0.39 is 18.1 Å². The Morgan fingerprint density at radius 2 is 1.62 bits per heavy atom. The van der Waals surface area contributed by atoms with Crippen LogP contribution in [0.15, 0.2) is 71.9 Å². The van der Waals surface area contributed by atoms with E-state index in [1.165, 1.54) is 0 Å². The summed E-state index contributed by atoms with van der Waals surface area (Å²) in [6, 6.07) is 20.7. The number of carbonyl (C=O) groups excluding carboxylic acids is 1. The number of aliphatic carboxylic acids is 1. The van der Waals surface area contributed by atoms with Gasteiger partial charge in [0.05, 0.1) is 23.1 Å². The summed E-state index contributed by atoms with van der Waals surface area (Å²) < 4.78 is 33.9. The molecule has 0 unspecified atom stereocenters. The molecule has 13 heteroatoms. The van der Waals surface area contributed by atoms with Gasteiger partial charge < -0.3 is 25.0 Å². The minimum atomic E-state index is -5.08. The Balaban J connectivity index is 0.000000517. The molecule has 1 saturated heterocycles. The molecule has 3 aromatic carbocycles. The van der Waals surface area contributed by atoms with Gasteiger partial charge in [0, 0.05) is 18.8 Å². The van der Waals surface area contributed by atoms with Crippen LogP contribution in [0.25, 0.3) is 22.2 Å². The molecule has 1 aliphatic heterocycles. The number of carboxylic acid groups (broad SMARTS) is 2. The number of halogens is 3. The molecule has 0 atom stereocenters. The molecular weight excluding hydrogens is 573 g/mol. The number of anilines is 1. The van der Waals surface area contributed by atoms with Crippen LogP contribution in [-0.4, -0.2) is 68.2 Å². The molecule has 220 valence electrons. The van der Waals surface area contributed by atoms with Crippen molar-refractivity contribution >= 4 is 46.5 Å². The molecular formula is C29H27F3N4O5S. The molecule has 4 aromatic rings. The van der Waals surface area contributed by atoms with Crippen molar-refractivity contribution in [2.75, 3.05) is 24.7 Å². The van der Waals surface area contributed by atoms with Crippen LogP contribution < -0.4 is 5.32 Å². The second kappa shape index (κ2) is 13.0. The van der Waals surface area contributed by atoms with E-state index in [0.29, 0.717) is 12.1 Å². The van der Waals surface area contributed by atoms with E-state index in [-0.39, 0.29) is 11.6 Å². The van der Waals surface area contributed by atoms with E-state index >= 15 is 0 Å². The summed E-state index contributed by atoms with van der Waals surface area (Å²) in [4.78, 5) is 39.7. The zero-order chi connectivity index (χ0) is 30.4. The third-order valence-electron chi connectivity index (χ3n) is 6.55. The number of nitrogens with one attached hydrogen (secondary N) is 1. The number of carbonyl (C=O) groups is 3. The van der Waals surface area contributed by atoms with Crippen LogP contribution in [0, 0.1) is 0 Å². The zero-order valence-corrected chi connectivity index (χ0v) is 23.2. The van der Waals surface area contributed by atoms with Crippen molar-refractivity contribution in [2.45, 2.75) is 30.7 Å². The van der Waals surface area contributed by atoms with Crippen LogP contribution in [0.5, 0.6) is 0 Å². The molecule has 9 nitrogen and oxygen atoms in total. The predicted octanol–water partition coefficient (Wildman–Crippen LogP) is 6.43. The number of aromatic carboxylic acids is 1. The summed E-state index contributed by atoms with van der Waals surface area (Å²) in [7, 11) is 0. The number of benzene rings is 3. The standard InChI is InChI=1S/C27H26N4O3S.C2HF3O2/c1-35-27-29-23-13-12-20(28-26(34)30-14-4-5-15-30)16-24(23)31(27)17-18-8-10-19(11-9-18)21-6-2-3-7-22(21)25(32)33;3-2(4,5)1(6)7/h2-3,6-13,16H,4-5,14-15,17H2,1H3,(H,28,34)(H,32,33);(H,6,7). The number of amides is 2. The van der Waals surface area contributed by atoms with Crippen molar-refractivity contribution < 1.29 is 37.8 Å². The Bertz CT molecular complexity index is 1600. The summed E-state index contributed by atoms with van der Waals surface area (Å²) in [6.45, 7) is 2.21. The molecule has 5 rings (SSSR count). The highest BCUT2D eigenvalue weighted by atomic mass is 32.2. The molecule has 0 spiro atoms. The van der Waals surface area contributed by atoms with Gasteiger partial charge in [-0.3, -0.25) is 0 Å². The number of thioether (sulfide) groups is 1. The molecule has 1 aliphatic rings. The van der Waals surface area contributed by atoms with Gasteiger partial charge in [0.15, 0.2) is 5.16 Å². The number of urea groups is 1. The highest BCUT2D eigenvalue weighted by molar-refractivity contribution is 7.98. The molecule has 1 fully saturated rings. The minimum Gasteiger partial charge on any atom is -0.478 e. The topological polar surface area (TPSA) is 125 Å². The molecule has 0 bridgehead atoms. The number of hydrogen-bond donors (Lipinski definition) is 3. The first-order valence-corrected chi connectivity index (χ1v) is 14.0. The Morgan fingerprint density at radius 1 is 0.976 bits per heavy atom. The first kappa shape index (κ1) is 30.4. The van der Waals surface area contributed by atoms with Crippen molar-refractivity contribution in [1.29, 1.82) is 0 Å². The Kier molecular flexibility index (Phi) is 9.41. The highest BCUT2D eigenvalue weighted by Crippen LogP contribution is 2.28. The van der Waals surface area contributed by atoms with E-state index in [1.54, 1.807) is 23.9 Å². The smallest absolute Gasteiger partial charge is 0.478 e. The largest absolute Gasteiger partial charge is 0.490 e. The average Bonchev–Trinajstić information content (AvgIpc) is 3.62. The number of alkyl halides is 3. The van der Waals surface area contributed by atoms with Crippen molar-refractivity contribution in [3.63, 3.8) is 0 Å². The van der Waals surface area contributed by atoms with Crippen LogP contribution in [0.3, 0.4) is 0 Å². The van der Waals surface area contributed by atoms with E-state index in [2.05, 4.69) is 9.88 Å². The number of nitrogens with zero attached hydrogens (tertiary/aromatic N) is 3. The summed E-state index contributed by atoms with van der Waals surface area (Å²) in [5.41, 5.74) is 5.50. The third-order valence-corrected chi connectivity index (χ3v) is 7.22. The molecule has 3 N–H and O–H groups in total. The van der Waals surface area contributed by atoms with Crippen LogP contribution in [-0.2, 0) is 11.3 Å². The van der Waals surface area contributed by atoms with Gasteiger partial charge in [-0.15, -0.1) is 0 Å². The van der Waals surface area contributed by atoms with E-state index in [4.69, 9.17) is 14.9 Å². The van der Waals surface area contributed by atoms with Crippen molar-refractivity contribution in [2.24, 2.45) is 0 Å². The summed E-state index contributed by atoms with van der Waals surface area (Å²) in [5, 5.41) is 20.6. The van der Waals surface area contributed by atoms with Crippen LogP contribution in [0.4, 0.5) is 23.7 Å². The molecule has 0 radical (unpaired) electrons. The van der Waals surface area contributed by atoms with Gasteiger partial charge in [0.1, 0.15) is 0 Å². The first-order chi connectivity index (χ1) is 20.0. The quantitative estimate of drug-likeness (QED) is 0.218. The van der Waals surface area contributed by atoms with Crippen molar-refractivity contribution in [1.82, 2.24) is 14.5 Å². The lowest BCUT2D eigenvalue weighted by molar-refractivity contribution is -0.192. The lowest BCUT2D eigenvalue weighted by Gasteiger charge is -2.16. The van der Waals surface area contributed by atoms with Gasteiger partial charge in [-0.25, -0.2) is 19.4 Å². The van der Waals surface area contributed by atoms with Gasteiger partial charge in [-0.05, 0) is 60.1 Å². The Labute approximate surface area is 243 Å². The van der Waals surface area contributed by atoms with Gasteiger partial charge in [0.2, 0.25) is 0 Å². The molecule has 2 amide bonds. The molecule has 2 heterocycles.